The quantitative estimate of drug-likeness (QED) is 0.915. The Morgan fingerprint density at radius 2 is 2.00 bits per heavy atom. The molecule has 2 aromatic rings. The molecule has 0 heterocycles. The minimum absolute atomic E-state index is 0.182. The summed E-state index contributed by atoms with van der Waals surface area (Å²) in [6.07, 6.45) is 0.182. The molecule has 0 aliphatic rings. The first-order valence-corrected chi connectivity index (χ1v) is 6.63. The normalized spacial score (nSPS) is 12.0. The fourth-order valence-electron chi connectivity index (χ4n) is 2.37. The van der Waals surface area contributed by atoms with Crippen LogP contribution >= 0.6 is 0 Å². The van der Waals surface area contributed by atoms with Gasteiger partial charge in [-0.2, -0.15) is 0 Å². The number of halogens is 1. The maximum atomic E-state index is 13.9. The van der Waals surface area contributed by atoms with Gasteiger partial charge in [0.25, 0.3) is 0 Å². The van der Waals surface area contributed by atoms with Crippen molar-refractivity contribution < 1.29 is 19.0 Å². The van der Waals surface area contributed by atoms with E-state index in [1.807, 2.05) is 19.1 Å². The summed E-state index contributed by atoms with van der Waals surface area (Å²) in [6.45, 7) is 1.92. The molecule has 0 saturated heterocycles. The fourth-order valence-corrected chi connectivity index (χ4v) is 2.37. The molecule has 4 heteroatoms. The van der Waals surface area contributed by atoms with Gasteiger partial charge in [0.2, 0.25) is 0 Å². The van der Waals surface area contributed by atoms with Gasteiger partial charge in [-0.3, -0.25) is 4.79 Å². The highest BCUT2D eigenvalue weighted by Gasteiger charge is 2.24. The van der Waals surface area contributed by atoms with Gasteiger partial charge in [-0.15, -0.1) is 0 Å². The van der Waals surface area contributed by atoms with Crippen LogP contribution in [0.2, 0.25) is 0 Å². The molecule has 1 atom stereocenters. The zero-order valence-corrected chi connectivity index (χ0v) is 12.0. The van der Waals surface area contributed by atoms with Crippen LogP contribution in [0.1, 0.15) is 22.6 Å². The fraction of sp³-hybridized carbons (Fsp3) is 0.235. The second-order valence-electron chi connectivity index (χ2n) is 4.93. The van der Waals surface area contributed by atoms with E-state index in [0.29, 0.717) is 5.75 Å². The third-order valence-corrected chi connectivity index (χ3v) is 3.44. The lowest BCUT2D eigenvalue weighted by Crippen LogP contribution is -2.16. The molecule has 0 amide bonds. The number of hydrogen-bond acceptors (Lipinski definition) is 2. The predicted molar refractivity (Wildman–Crippen MR) is 78.2 cm³/mol. The Morgan fingerprint density at radius 1 is 1.29 bits per heavy atom. The van der Waals surface area contributed by atoms with E-state index in [2.05, 4.69) is 0 Å². The number of hydrogen-bond donors (Lipinski definition) is 1. The van der Waals surface area contributed by atoms with Crippen LogP contribution < -0.4 is 4.74 Å². The molecule has 0 aromatic heterocycles. The number of carbonyl (C=O) groups is 1. The van der Waals surface area contributed by atoms with Crippen LogP contribution in [0.4, 0.5) is 4.39 Å². The summed E-state index contributed by atoms with van der Waals surface area (Å²) >= 11 is 0. The van der Waals surface area contributed by atoms with Crippen molar-refractivity contribution in [2.24, 2.45) is 0 Å². The molecule has 0 aliphatic heterocycles. The first-order valence-electron chi connectivity index (χ1n) is 6.63. The minimum atomic E-state index is -1.05. The minimum Gasteiger partial charge on any atom is -0.496 e. The number of benzene rings is 2. The monoisotopic (exact) mass is 288 g/mol. The first kappa shape index (κ1) is 15.0. The maximum absolute atomic E-state index is 13.9. The van der Waals surface area contributed by atoms with Gasteiger partial charge >= 0.3 is 5.97 Å². The number of carboxylic acid groups (broad SMARTS) is 1. The molecule has 0 saturated carbocycles. The summed E-state index contributed by atoms with van der Waals surface area (Å²) < 4.78 is 19.1. The molecule has 0 aliphatic carbocycles. The molecule has 1 unspecified atom stereocenters. The van der Waals surface area contributed by atoms with Gasteiger partial charge < -0.3 is 9.84 Å². The van der Waals surface area contributed by atoms with Crippen molar-refractivity contribution in [1.82, 2.24) is 0 Å². The maximum Gasteiger partial charge on any atom is 0.311 e. The Bertz CT molecular complexity index is 652. The Balaban J connectivity index is 2.40. The van der Waals surface area contributed by atoms with E-state index in [-0.39, 0.29) is 12.0 Å². The Morgan fingerprint density at radius 3 is 2.62 bits per heavy atom. The Hall–Kier alpha value is -2.36. The Labute approximate surface area is 123 Å². The second kappa shape index (κ2) is 6.39. The Kier molecular flexibility index (Phi) is 4.58. The van der Waals surface area contributed by atoms with Crippen LogP contribution in [-0.2, 0) is 11.2 Å². The number of aryl methyl sites for hydroxylation is 1. The highest BCUT2D eigenvalue weighted by atomic mass is 19.1. The number of rotatable bonds is 5. The lowest BCUT2D eigenvalue weighted by Gasteiger charge is -2.16. The van der Waals surface area contributed by atoms with Crippen LogP contribution in [0.3, 0.4) is 0 Å². The smallest absolute Gasteiger partial charge is 0.311 e. The van der Waals surface area contributed by atoms with Crippen LogP contribution in [0.5, 0.6) is 5.75 Å². The molecule has 2 aromatic carbocycles. The van der Waals surface area contributed by atoms with Crippen molar-refractivity contribution in [1.29, 1.82) is 0 Å². The van der Waals surface area contributed by atoms with Gasteiger partial charge in [-0.05, 0) is 31.0 Å². The molecule has 0 fully saturated rings. The summed E-state index contributed by atoms with van der Waals surface area (Å²) in [6, 6.07) is 11.5. The van der Waals surface area contributed by atoms with Crippen molar-refractivity contribution >= 4 is 5.97 Å². The van der Waals surface area contributed by atoms with Crippen LogP contribution in [-0.4, -0.2) is 18.2 Å². The van der Waals surface area contributed by atoms with E-state index in [9.17, 15) is 14.3 Å². The molecule has 1 N–H and O–H groups in total. The number of carboxylic acids is 1. The summed E-state index contributed by atoms with van der Waals surface area (Å²) in [5, 5.41) is 9.44. The van der Waals surface area contributed by atoms with Crippen LogP contribution in [0.25, 0.3) is 0 Å². The zero-order chi connectivity index (χ0) is 15.4. The summed E-state index contributed by atoms with van der Waals surface area (Å²) in [4.78, 5) is 11.5. The third-order valence-electron chi connectivity index (χ3n) is 3.44. The SMILES string of the molecule is COc1ccc(C)cc1CC(C(=O)O)c1ccccc1F. The lowest BCUT2D eigenvalue weighted by molar-refractivity contribution is -0.138. The van der Waals surface area contributed by atoms with Crippen molar-refractivity contribution in [3.05, 3.63) is 65.0 Å². The summed E-state index contributed by atoms with van der Waals surface area (Å²) in [5.74, 6) is -1.88. The van der Waals surface area contributed by atoms with Gasteiger partial charge in [0, 0.05) is 5.56 Å². The topological polar surface area (TPSA) is 46.5 Å². The van der Waals surface area contributed by atoms with E-state index in [1.54, 1.807) is 18.2 Å². The average Bonchev–Trinajstić information content (AvgIpc) is 2.45. The standard InChI is InChI=1S/C17H17FO3/c1-11-7-8-16(21-2)12(9-11)10-14(17(19)20)13-5-3-4-6-15(13)18/h3-9,14H,10H2,1-2H3,(H,19,20). The van der Waals surface area contributed by atoms with E-state index in [1.165, 1.54) is 19.2 Å². The summed E-state index contributed by atoms with van der Waals surface area (Å²) in [7, 11) is 1.53. The molecule has 110 valence electrons. The van der Waals surface area contributed by atoms with Crippen LogP contribution in [0.15, 0.2) is 42.5 Å². The van der Waals surface area contributed by atoms with E-state index >= 15 is 0 Å². The number of methoxy groups -OCH3 is 1. The van der Waals surface area contributed by atoms with E-state index < -0.39 is 17.7 Å². The molecule has 0 spiro atoms. The molecular formula is C17H17FO3. The van der Waals surface area contributed by atoms with Gasteiger partial charge in [-0.1, -0.05) is 35.9 Å². The molecule has 0 bridgehead atoms. The second-order valence-corrected chi connectivity index (χ2v) is 4.93. The van der Waals surface area contributed by atoms with E-state index in [0.717, 1.165) is 11.1 Å². The zero-order valence-electron chi connectivity index (χ0n) is 12.0. The number of aliphatic carboxylic acids is 1. The molecule has 21 heavy (non-hydrogen) atoms. The van der Waals surface area contributed by atoms with Crippen molar-refractivity contribution in [2.75, 3.05) is 7.11 Å². The van der Waals surface area contributed by atoms with Crippen molar-refractivity contribution in [3.63, 3.8) is 0 Å². The molecule has 3 nitrogen and oxygen atoms in total. The first-order chi connectivity index (χ1) is 10.0. The third kappa shape index (κ3) is 3.40. The molecular weight excluding hydrogens is 271 g/mol. The highest BCUT2D eigenvalue weighted by molar-refractivity contribution is 5.76. The summed E-state index contributed by atoms with van der Waals surface area (Å²) in [5.41, 5.74) is 1.95. The van der Waals surface area contributed by atoms with Gasteiger partial charge in [0.05, 0.1) is 13.0 Å². The molecule has 0 radical (unpaired) electrons. The van der Waals surface area contributed by atoms with Crippen LogP contribution in [0, 0.1) is 12.7 Å². The van der Waals surface area contributed by atoms with E-state index in [4.69, 9.17) is 4.74 Å². The van der Waals surface area contributed by atoms with Gasteiger partial charge in [0.15, 0.2) is 0 Å². The van der Waals surface area contributed by atoms with Gasteiger partial charge in [0.1, 0.15) is 11.6 Å². The lowest BCUT2D eigenvalue weighted by atomic mass is 9.90. The average molecular weight is 288 g/mol. The highest BCUT2D eigenvalue weighted by Crippen LogP contribution is 2.29. The van der Waals surface area contributed by atoms with Gasteiger partial charge in [-0.25, -0.2) is 4.39 Å². The van der Waals surface area contributed by atoms with Crippen molar-refractivity contribution in [3.8, 4) is 5.75 Å². The molecule has 2 rings (SSSR count). The largest absolute Gasteiger partial charge is 0.496 e. The number of ether oxygens (including phenoxy) is 1. The van der Waals surface area contributed by atoms with Crippen molar-refractivity contribution in [2.45, 2.75) is 19.3 Å². The predicted octanol–water partition coefficient (Wildman–Crippen LogP) is 3.55.